The lowest BCUT2D eigenvalue weighted by Crippen LogP contribution is -2.34. The van der Waals surface area contributed by atoms with Gasteiger partial charge < -0.3 is 9.72 Å². The molecule has 8 heteroatoms. The van der Waals surface area contributed by atoms with Crippen LogP contribution in [-0.4, -0.2) is 28.2 Å². The fraction of sp³-hybridized carbons (Fsp3) is 0.263. The molecule has 142 valence electrons. The monoisotopic (exact) mass is 376 g/mol. The van der Waals surface area contributed by atoms with Gasteiger partial charge in [-0.3, -0.25) is 10.3 Å². The van der Waals surface area contributed by atoms with E-state index in [0.717, 1.165) is 5.56 Å². The highest BCUT2D eigenvalue weighted by Crippen LogP contribution is 2.31. The van der Waals surface area contributed by atoms with Gasteiger partial charge in [-0.05, 0) is 35.4 Å². The molecule has 0 bridgehead atoms. The van der Waals surface area contributed by atoms with Crippen molar-refractivity contribution in [2.45, 2.75) is 25.2 Å². The van der Waals surface area contributed by atoms with Crippen LogP contribution in [0.25, 0.3) is 0 Å². The predicted molar refractivity (Wildman–Crippen MR) is 94.3 cm³/mol. The number of H-pyrrole nitrogens is 1. The molecule has 0 aliphatic heterocycles. The second-order valence-corrected chi connectivity index (χ2v) is 6.01. The number of hydrogen-bond acceptors (Lipinski definition) is 4. The molecule has 1 aromatic carbocycles. The van der Waals surface area contributed by atoms with Crippen molar-refractivity contribution in [1.29, 1.82) is 0 Å². The van der Waals surface area contributed by atoms with Gasteiger partial charge in [-0.2, -0.15) is 13.2 Å². The highest BCUT2D eigenvalue weighted by atomic mass is 19.4. The zero-order valence-corrected chi connectivity index (χ0v) is 14.6. The fourth-order valence-electron chi connectivity index (χ4n) is 2.66. The number of hydrogen-bond donors (Lipinski definition) is 2. The summed E-state index contributed by atoms with van der Waals surface area (Å²) < 4.78 is 45.6. The van der Waals surface area contributed by atoms with Gasteiger partial charge in [-0.15, -0.1) is 0 Å². The van der Waals surface area contributed by atoms with Gasteiger partial charge in [0.05, 0.1) is 12.8 Å². The number of pyridine rings is 1. The highest BCUT2D eigenvalue weighted by molar-refractivity contribution is 5.27. The van der Waals surface area contributed by atoms with Gasteiger partial charge in [0.2, 0.25) is 0 Å². The molecule has 0 aliphatic rings. The Labute approximate surface area is 154 Å². The van der Waals surface area contributed by atoms with Crippen molar-refractivity contribution in [2.75, 3.05) is 7.11 Å². The zero-order valence-electron chi connectivity index (χ0n) is 14.6. The summed E-state index contributed by atoms with van der Waals surface area (Å²) in [7, 11) is 1.54. The van der Waals surface area contributed by atoms with Crippen molar-refractivity contribution in [3.8, 4) is 5.75 Å². The van der Waals surface area contributed by atoms with E-state index in [0.29, 0.717) is 23.4 Å². The third kappa shape index (κ3) is 5.07. The maximum atomic E-state index is 13.5. The van der Waals surface area contributed by atoms with E-state index < -0.39 is 12.2 Å². The van der Waals surface area contributed by atoms with E-state index in [4.69, 9.17) is 4.74 Å². The van der Waals surface area contributed by atoms with Crippen molar-refractivity contribution in [1.82, 2.24) is 20.3 Å². The second kappa shape index (κ2) is 8.22. The van der Waals surface area contributed by atoms with Crippen molar-refractivity contribution in [3.05, 3.63) is 77.6 Å². The quantitative estimate of drug-likeness (QED) is 0.659. The summed E-state index contributed by atoms with van der Waals surface area (Å²) in [5.74, 6) is 0.498. The summed E-state index contributed by atoms with van der Waals surface area (Å²) in [5, 5.41) is 2.54. The van der Waals surface area contributed by atoms with Crippen LogP contribution in [0.1, 0.15) is 28.7 Å². The molecule has 2 N–H and O–H groups in total. The van der Waals surface area contributed by atoms with Crippen LogP contribution in [0.3, 0.4) is 0 Å². The Morgan fingerprint density at radius 2 is 1.78 bits per heavy atom. The number of imidazole rings is 1. The molecule has 3 rings (SSSR count). The third-order valence-corrected chi connectivity index (χ3v) is 4.06. The van der Waals surface area contributed by atoms with Crippen LogP contribution in [0, 0.1) is 0 Å². The maximum absolute atomic E-state index is 13.5. The Bertz CT molecular complexity index is 847. The number of aromatic amines is 1. The van der Waals surface area contributed by atoms with Gasteiger partial charge in [-0.1, -0.05) is 12.1 Å². The first-order valence-electron chi connectivity index (χ1n) is 8.32. The van der Waals surface area contributed by atoms with Crippen LogP contribution < -0.4 is 10.1 Å². The molecule has 1 unspecified atom stereocenters. The van der Waals surface area contributed by atoms with Crippen molar-refractivity contribution in [2.24, 2.45) is 0 Å². The predicted octanol–water partition coefficient (Wildman–Crippen LogP) is 3.80. The second-order valence-electron chi connectivity index (χ2n) is 6.01. The van der Waals surface area contributed by atoms with Crippen molar-refractivity contribution >= 4 is 0 Å². The SMILES string of the molecule is COc1ccc(CNC(c2nc(Cc3ccncc3)c[nH]2)C(F)(F)F)cc1. The number of methoxy groups -OCH3 is 1. The number of nitrogens with one attached hydrogen (secondary N) is 2. The topological polar surface area (TPSA) is 62.8 Å². The Hall–Kier alpha value is -2.87. The summed E-state index contributed by atoms with van der Waals surface area (Å²) in [6.45, 7) is 0.0502. The van der Waals surface area contributed by atoms with E-state index in [1.165, 1.54) is 13.3 Å². The van der Waals surface area contributed by atoms with Gasteiger partial charge in [0, 0.05) is 31.6 Å². The van der Waals surface area contributed by atoms with Crippen LogP contribution >= 0.6 is 0 Å². The molecule has 0 saturated heterocycles. The highest BCUT2D eigenvalue weighted by Gasteiger charge is 2.42. The first-order valence-corrected chi connectivity index (χ1v) is 8.32. The van der Waals surface area contributed by atoms with Gasteiger partial charge in [0.1, 0.15) is 11.6 Å². The average molecular weight is 376 g/mol. The normalized spacial score (nSPS) is 12.7. The number of halogens is 3. The van der Waals surface area contributed by atoms with Gasteiger partial charge in [0.25, 0.3) is 0 Å². The smallest absolute Gasteiger partial charge is 0.410 e. The van der Waals surface area contributed by atoms with Crippen LogP contribution in [0.15, 0.2) is 55.0 Å². The largest absolute Gasteiger partial charge is 0.497 e. The summed E-state index contributed by atoms with van der Waals surface area (Å²) in [6, 6.07) is 8.58. The first kappa shape index (κ1) is 18.9. The minimum Gasteiger partial charge on any atom is -0.497 e. The molecule has 5 nitrogen and oxygen atoms in total. The summed E-state index contributed by atoms with van der Waals surface area (Å²) >= 11 is 0. The Kier molecular flexibility index (Phi) is 5.75. The fourth-order valence-corrected chi connectivity index (χ4v) is 2.66. The molecule has 3 aromatic rings. The van der Waals surface area contributed by atoms with Gasteiger partial charge in [0.15, 0.2) is 6.04 Å². The summed E-state index contributed by atoms with van der Waals surface area (Å²) in [4.78, 5) is 10.7. The number of benzene rings is 1. The van der Waals surface area contributed by atoms with Crippen LogP contribution in [-0.2, 0) is 13.0 Å². The molecule has 2 aromatic heterocycles. The number of ether oxygens (including phenoxy) is 1. The lowest BCUT2D eigenvalue weighted by molar-refractivity contribution is -0.159. The average Bonchev–Trinajstić information content (AvgIpc) is 3.10. The Morgan fingerprint density at radius 3 is 2.41 bits per heavy atom. The number of nitrogens with zero attached hydrogens (tertiary/aromatic N) is 2. The van der Waals surface area contributed by atoms with Crippen LogP contribution in [0.2, 0.25) is 0 Å². The maximum Gasteiger partial charge on any atom is 0.410 e. The van der Waals surface area contributed by atoms with Crippen LogP contribution in [0.4, 0.5) is 13.2 Å². The Balaban J connectivity index is 1.71. The van der Waals surface area contributed by atoms with E-state index in [1.54, 1.807) is 48.8 Å². The molecular weight excluding hydrogens is 357 g/mol. The Morgan fingerprint density at radius 1 is 1.07 bits per heavy atom. The molecule has 0 aliphatic carbocycles. The molecule has 0 radical (unpaired) electrons. The number of aromatic nitrogens is 3. The van der Waals surface area contributed by atoms with Crippen LogP contribution in [0.5, 0.6) is 5.75 Å². The standard InChI is InChI=1S/C19H19F3N4O/c1-27-16-4-2-14(3-5-16)11-24-17(19(20,21)22)18-25-12-15(26-18)10-13-6-8-23-9-7-13/h2-9,12,17,24H,10-11H2,1H3,(H,25,26). The molecule has 0 amide bonds. The summed E-state index contributed by atoms with van der Waals surface area (Å²) in [6.07, 6.45) is 0.736. The van der Waals surface area contributed by atoms with Gasteiger partial charge in [-0.25, -0.2) is 4.98 Å². The number of rotatable bonds is 7. The molecule has 2 heterocycles. The van der Waals surface area contributed by atoms with E-state index in [1.807, 2.05) is 0 Å². The van der Waals surface area contributed by atoms with E-state index in [9.17, 15) is 13.2 Å². The molecule has 0 spiro atoms. The van der Waals surface area contributed by atoms with Crippen molar-refractivity contribution in [3.63, 3.8) is 0 Å². The first-order chi connectivity index (χ1) is 13.0. The van der Waals surface area contributed by atoms with Gasteiger partial charge >= 0.3 is 6.18 Å². The minimum atomic E-state index is -4.47. The molecule has 0 saturated carbocycles. The van der Waals surface area contributed by atoms with E-state index in [-0.39, 0.29) is 12.4 Å². The van der Waals surface area contributed by atoms with E-state index >= 15 is 0 Å². The van der Waals surface area contributed by atoms with Crippen molar-refractivity contribution < 1.29 is 17.9 Å². The third-order valence-electron chi connectivity index (χ3n) is 4.06. The lowest BCUT2D eigenvalue weighted by Gasteiger charge is -2.20. The molecular formula is C19H19F3N4O. The number of alkyl halides is 3. The molecule has 1 atom stereocenters. The molecule has 27 heavy (non-hydrogen) atoms. The van der Waals surface area contributed by atoms with E-state index in [2.05, 4.69) is 20.3 Å². The minimum absolute atomic E-state index is 0.0502. The summed E-state index contributed by atoms with van der Waals surface area (Å²) in [5.41, 5.74) is 2.18. The zero-order chi connectivity index (χ0) is 19.3. The lowest BCUT2D eigenvalue weighted by atomic mass is 10.1. The molecule has 0 fully saturated rings.